The first-order valence-electron chi connectivity index (χ1n) is 6.76. The third-order valence-corrected chi connectivity index (χ3v) is 4.09. The number of hydrogen-bond donors (Lipinski definition) is 0. The molecule has 0 atom stereocenters. The van der Waals surface area contributed by atoms with Gasteiger partial charge < -0.3 is 9.64 Å². The third-order valence-electron chi connectivity index (χ3n) is 2.85. The van der Waals surface area contributed by atoms with E-state index in [1.807, 2.05) is 50.5 Å². The van der Waals surface area contributed by atoms with Crippen molar-refractivity contribution in [3.8, 4) is 5.75 Å². The van der Waals surface area contributed by atoms with Crippen LogP contribution in [-0.4, -0.2) is 23.4 Å². The van der Waals surface area contributed by atoms with Crippen LogP contribution in [0.3, 0.4) is 0 Å². The first-order valence-corrected chi connectivity index (χ1v) is 8.15. The summed E-state index contributed by atoms with van der Waals surface area (Å²) in [6.07, 6.45) is 0. The molecule has 0 bridgehead atoms. The van der Waals surface area contributed by atoms with Crippen molar-refractivity contribution in [1.82, 2.24) is 4.90 Å². The molecule has 4 heteroatoms. The number of hydrogen-bond acceptors (Lipinski definition) is 4. The Morgan fingerprint density at radius 1 is 1.05 bits per heavy atom. The molecule has 110 valence electrons. The molecule has 0 heterocycles. The van der Waals surface area contributed by atoms with Crippen LogP contribution >= 0.6 is 24.0 Å². The monoisotopic (exact) mass is 317 g/mol. The molecule has 0 N–H and O–H groups in total. The fourth-order valence-electron chi connectivity index (χ4n) is 1.91. The summed E-state index contributed by atoms with van der Waals surface area (Å²) in [5.74, 6) is 1.67. The average Bonchev–Trinajstić information content (AvgIpc) is 2.48. The van der Waals surface area contributed by atoms with Gasteiger partial charge >= 0.3 is 0 Å². The highest BCUT2D eigenvalue weighted by molar-refractivity contribution is 8.22. The quantitative estimate of drug-likeness (QED) is 0.760. The molecule has 0 aliphatic carbocycles. The zero-order valence-electron chi connectivity index (χ0n) is 12.3. The van der Waals surface area contributed by atoms with Gasteiger partial charge in [-0.25, -0.2) is 0 Å². The van der Waals surface area contributed by atoms with E-state index >= 15 is 0 Å². The third kappa shape index (κ3) is 5.50. The van der Waals surface area contributed by atoms with Gasteiger partial charge in [-0.1, -0.05) is 60.3 Å². The molecule has 2 nitrogen and oxygen atoms in total. The Labute approximate surface area is 136 Å². The maximum absolute atomic E-state index is 5.84. The predicted molar refractivity (Wildman–Crippen MR) is 94.8 cm³/mol. The molecule has 0 spiro atoms. The molecular weight excluding hydrogens is 298 g/mol. The molecule has 0 radical (unpaired) electrons. The summed E-state index contributed by atoms with van der Waals surface area (Å²) in [4.78, 5) is 2.11. The molecular formula is C17H19NOS2. The van der Waals surface area contributed by atoms with Gasteiger partial charge in [0.25, 0.3) is 0 Å². The number of thioether (sulfide) groups is 1. The van der Waals surface area contributed by atoms with Crippen LogP contribution in [0.5, 0.6) is 5.75 Å². The molecule has 2 rings (SSSR count). The lowest BCUT2D eigenvalue weighted by Gasteiger charge is -2.14. The Morgan fingerprint density at radius 2 is 1.71 bits per heavy atom. The Kier molecular flexibility index (Phi) is 6.23. The fraction of sp³-hybridized carbons (Fsp3) is 0.235. The van der Waals surface area contributed by atoms with Gasteiger partial charge in [-0.2, -0.15) is 0 Å². The van der Waals surface area contributed by atoms with Crippen LogP contribution < -0.4 is 4.74 Å². The van der Waals surface area contributed by atoms with E-state index in [9.17, 15) is 0 Å². The lowest BCUT2D eigenvalue weighted by atomic mass is 10.2. The van der Waals surface area contributed by atoms with Crippen molar-refractivity contribution < 1.29 is 4.74 Å². The minimum absolute atomic E-state index is 0.560. The van der Waals surface area contributed by atoms with Crippen LogP contribution in [-0.2, 0) is 12.3 Å². The van der Waals surface area contributed by atoms with Crippen molar-refractivity contribution in [3.63, 3.8) is 0 Å². The molecule has 21 heavy (non-hydrogen) atoms. The highest BCUT2D eigenvalue weighted by atomic mass is 32.2. The van der Waals surface area contributed by atoms with Crippen molar-refractivity contribution in [1.29, 1.82) is 0 Å². The first kappa shape index (κ1) is 16.0. The topological polar surface area (TPSA) is 12.5 Å². The summed E-state index contributed by atoms with van der Waals surface area (Å²) in [7, 11) is 4.08. The second kappa shape index (κ2) is 8.17. The van der Waals surface area contributed by atoms with E-state index in [0.717, 1.165) is 23.6 Å². The van der Waals surface area contributed by atoms with Crippen molar-refractivity contribution in [2.24, 2.45) is 0 Å². The largest absolute Gasteiger partial charge is 0.440 e. The zero-order chi connectivity index (χ0) is 15.1. The Morgan fingerprint density at radius 3 is 2.43 bits per heavy atom. The van der Waals surface area contributed by atoms with E-state index in [2.05, 4.69) is 23.1 Å². The summed E-state index contributed by atoms with van der Waals surface area (Å²) >= 11 is 6.88. The molecule has 0 aliphatic rings. The average molecular weight is 317 g/mol. The fourth-order valence-corrected chi connectivity index (χ4v) is 2.80. The van der Waals surface area contributed by atoms with E-state index in [4.69, 9.17) is 17.0 Å². The van der Waals surface area contributed by atoms with Gasteiger partial charge in [0.1, 0.15) is 5.75 Å². The lowest BCUT2D eigenvalue weighted by Crippen LogP contribution is -2.12. The maximum atomic E-state index is 5.84. The summed E-state index contributed by atoms with van der Waals surface area (Å²) in [5, 5.41) is 0. The van der Waals surface area contributed by atoms with E-state index in [-0.39, 0.29) is 0 Å². The smallest absolute Gasteiger partial charge is 0.226 e. The summed E-state index contributed by atoms with van der Waals surface area (Å²) < 4.78 is 6.40. The number of nitrogens with zero attached hydrogens (tertiary/aromatic N) is 1. The molecule has 0 aliphatic heterocycles. The van der Waals surface area contributed by atoms with Crippen LogP contribution in [0.4, 0.5) is 0 Å². The van der Waals surface area contributed by atoms with Gasteiger partial charge in [0.2, 0.25) is 4.38 Å². The Hall–Kier alpha value is -1.36. The van der Waals surface area contributed by atoms with Crippen LogP contribution in [0.15, 0.2) is 54.6 Å². The highest BCUT2D eigenvalue weighted by Gasteiger charge is 2.07. The molecule has 0 fully saturated rings. The molecule has 0 saturated carbocycles. The predicted octanol–water partition coefficient (Wildman–Crippen LogP) is 4.35. The van der Waals surface area contributed by atoms with Gasteiger partial charge in [-0.05, 0) is 37.9 Å². The second-order valence-electron chi connectivity index (χ2n) is 4.97. The van der Waals surface area contributed by atoms with Crippen LogP contribution in [0.25, 0.3) is 0 Å². The zero-order valence-corrected chi connectivity index (χ0v) is 13.9. The van der Waals surface area contributed by atoms with Crippen LogP contribution in [0, 0.1) is 0 Å². The summed E-state index contributed by atoms with van der Waals surface area (Å²) in [6.45, 7) is 0.835. The number of para-hydroxylation sites is 1. The molecule has 0 amide bonds. The minimum Gasteiger partial charge on any atom is -0.440 e. The molecule has 0 unspecified atom stereocenters. The summed E-state index contributed by atoms with van der Waals surface area (Å²) in [5.41, 5.74) is 2.39. The summed E-state index contributed by atoms with van der Waals surface area (Å²) in [6, 6.07) is 18.3. The second-order valence-corrected chi connectivity index (χ2v) is 6.55. The van der Waals surface area contributed by atoms with E-state index in [0.29, 0.717) is 4.38 Å². The van der Waals surface area contributed by atoms with E-state index < -0.39 is 0 Å². The van der Waals surface area contributed by atoms with Crippen LogP contribution in [0.1, 0.15) is 11.1 Å². The number of ether oxygens (including phenoxy) is 1. The molecule has 0 aromatic heterocycles. The van der Waals surface area contributed by atoms with Crippen molar-refractivity contribution in [2.75, 3.05) is 14.1 Å². The van der Waals surface area contributed by atoms with E-state index in [1.54, 1.807) is 11.8 Å². The molecule has 2 aromatic rings. The number of rotatable bonds is 5. The van der Waals surface area contributed by atoms with Gasteiger partial charge in [0.05, 0.1) is 0 Å². The van der Waals surface area contributed by atoms with Gasteiger partial charge in [0.15, 0.2) is 0 Å². The van der Waals surface area contributed by atoms with E-state index in [1.165, 1.54) is 5.56 Å². The van der Waals surface area contributed by atoms with Gasteiger partial charge in [-0.3, -0.25) is 0 Å². The van der Waals surface area contributed by atoms with Crippen molar-refractivity contribution in [3.05, 3.63) is 65.7 Å². The van der Waals surface area contributed by atoms with Gasteiger partial charge in [-0.15, -0.1) is 0 Å². The highest BCUT2D eigenvalue weighted by Crippen LogP contribution is 2.23. The maximum Gasteiger partial charge on any atom is 0.226 e. The SMILES string of the molecule is CN(C)Cc1ccccc1OC(=S)SCc1ccccc1. The van der Waals surface area contributed by atoms with Crippen molar-refractivity contribution >= 4 is 28.4 Å². The first-order chi connectivity index (χ1) is 10.1. The number of benzene rings is 2. The lowest BCUT2D eigenvalue weighted by molar-refractivity contribution is 0.395. The normalized spacial score (nSPS) is 10.6. The minimum atomic E-state index is 0.560. The van der Waals surface area contributed by atoms with Crippen molar-refractivity contribution in [2.45, 2.75) is 12.3 Å². The Balaban J connectivity index is 1.93. The van der Waals surface area contributed by atoms with Crippen LogP contribution in [0.2, 0.25) is 0 Å². The van der Waals surface area contributed by atoms with Gasteiger partial charge in [0, 0.05) is 17.9 Å². The molecule has 2 aromatic carbocycles. The molecule has 0 saturated heterocycles. The Bertz CT molecular complexity index is 584. The number of thiocarbonyl (C=S) groups is 1. The standard InChI is InChI=1S/C17H19NOS2/c1-18(2)12-15-10-6-7-11-16(15)19-17(20)21-13-14-8-4-3-5-9-14/h3-11H,12-13H2,1-2H3.